The molecule has 0 saturated carbocycles. The van der Waals surface area contributed by atoms with E-state index in [0.29, 0.717) is 16.2 Å². The Morgan fingerprint density at radius 2 is 1.35 bits per heavy atom. The monoisotopic (exact) mass is 540 g/mol. The van der Waals surface area contributed by atoms with Crippen LogP contribution in [0.25, 0.3) is 0 Å². The van der Waals surface area contributed by atoms with Crippen molar-refractivity contribution in [3.63, 3.8) is 0 Å². The maximum absolute atomic E-state index is 12.1. The van der Waals surface area contributed by atoms with Crippen molar-refractivity contribution in [1.82, 2.24) is 10.2 Å². The normalized spacial score (nSPS) is 12.8. The lowest BCUT2D eigenvalue weighted by atomic mass is 9.65. The number of hydrogen-bond acceptors (Lipinski definition) is 10. The molecule has 0 aromatic heterocycles. The first-order chi connectivity index (χ1) is 17.3. The summed E-state index contributed by atoms with van der Waals surface area (Å²) in [6.07, 6.45) is -3.43. The lowest BCUT2D eigenvalue weighted by molar-refractivity contribution is -0.162. The fourth-order valence-corrected chi connectivity index (χ4v) is 4.56. The highest BCUT2D eigenvalue weighted by atomic mass is 32.1. The van der Waals surface area contributed by atoms with Crippen molar-refractivity contribution >= 4 is 52.9 Å². The molecule has 0 unspecified atom stereocenters. The lowest BCUT2D eigenvalue weighted by Crippen LogP contribution is -2.74. The molecule has 0 spiro atoms. The molecule has 202 valence electrons. The van der Waals surface area contributed by atoms with Crippen LogP contribution in [0.15, 0.2) is 29.3 Å². The third kappa shape index (κ3) is 9.00. The summed E-state index contributed by atoms with van der Waals surface area (Å²) < 4.78 is 0. The Morgan fingerprint density at radius 1 is 0.865 bits per heavy atom. The molecule has 1 aromatic rings. The van der Waals surface area contributed by atoms with Gasteiger partial charge >= 0.3 is 29.8 Å². The van der Waals surface area contributed by atoms with Crippen LogP contribution in [0.5, 0.6) is 0 Å². The highest BCUT2D eigenvalue weighted by Crippen LogP contribution is 2.41. The lowest BCUT2D eigenvalue weighted by Gasteiger charge is -2.54. The molecular formula is C22H28N4O10S. The van der Waals surface area contributed by atoms with Crippen molar-refractivity contribution in [2.24, 2.45) is 10.7 Å². The first kappa shape index (κ1) is 31.3. The highest BCUT2D eigenvalue weighted by Gasteiger charge is 2.58. The number of carboxylic acid groups (broad SMARTS) is 5. The number of isothiocyanates is 1. The molecule has 0 aliphatic heterocycles. The zero-order valence-electron chi connectivity index (χ0n) is 19.6. The van der Waals surface area contributed by atoms with E-state index in [-0.39, 0.29) is 19.5 Å². The molecule has 0 radical (unpaired) electrons. The number of hydrogen-bond donors (Lipinski definition) is 7. The summed E-state index contributed by atoms with van der Waals surface area (Å²) >= 11 is 4.56. The quantitative estimate of drug-likeness (QED) is 0.0949. The van der Waals surface area contributed by atoms with Crippen LogP contribution in [0.1, 0.15) is 24.8 Å². The number of aliphatic imine (C=N–C) groups is 1. The van der Waals surface area contributed by atoms with Crippen LogP contribution in [-0.4, -0.2) is 103 Å². The van der Waals surface area contributed by atoms with E-state index in [1.807, 2.05) is 0 Å². The SMILES string of the molecule is NCCN[C@](CC(=O)O)(Cc1ccc(N=C=S)cc1)C(CC(=O)O)(CC(=O)O)N(CC(=O)O)CC(=O)O. The van der Waals surface area contributed by atoms with Gasteiger partial charge in [0.1, 0.15) is 0 Å². The molecule has 1 aromatic carbocycles. The Labute approximate surface area is 216 Å². The third-order valence-electron chi connectivity index (χ3n) is 5.71. The largest absolute Gasteiger partial charge is 0.481 e. The van der Waals surface area contributed by atoms with E-state index >= 15 is 0 Å². The van der Waals surface area contributed by atoms with Gasteiger partial charge in [-0.05, 0) is 36.3 Å². The van der Waals surface area contributed by atoms with Crippen molar-refractivity contribution < 1.29 is 49.5 Å². The van der Waals surface area contributed by atoms with E-state index in [0.717, 1.165) is 0 Å². The molecule has 1 rings (SSSR count). The van der Waals surface area contributed by atoms with Crippen molar-refractivity contribution in [2.45, 2.75) is 36.8 Å². The van der Waals surface area contributed by atoms with E-state index in [9.17, 15) is 49.5 Å². The van der Waals surface area contributed by atoms with Crippen LogP contribution in [0.4, 0.5) is 5.69 Å². The first-order valence-corrected chi connectivity index (χ1v) is 11.2. The second-order valence-corrected chi connectivity index (χ2v) is 8.41. The maximum atomic E-state index is 12.1. The maximum Gasteiger partial charge on any atom is 0.317 e. The average Bonchev–Trinajstić information content (AvgIpc) is 2.76. The van der Waals surface area contributed by atoms with Crippen molar-refractivity contribution in [1.29, 1.82) is 0 Å². The predicted molar refractivity (Wildman–Crippen MR) is 131 cm³/mol. The number of thiocarbonyl (C=S) groups is 1. The number of rotatable bonds is 18. The summed E-state index contributed by atoms with van der Waals surface area (Å²) in [5.41, 5.74) is 2.03. The minimum absolute atomic E-state index is 0.0855. The minimum atomic E-state index is -2.36. The van der Waals surface area contributed by atoms with E-state index in [2.05, 4.69) is 27.7 Å². The summed E-state index contributed by atoms with van der Waals surface area (Å²) in [5, 5.41) is 53.6. The first-order valence-electron chi connectivity index (χ1n) is 10.8. The van der Waals surface area contributed by atoms with Crippen LogP contribution >= 0.6 is 12.2 Å². The standard InChI is InChI=1S/C22H28N4O10S/c23-5-6-25-21(8-16(27)28,7-14-1-3-15(4-2-14)24-13-37)22(9-17(29)30,10-18(31)32)26(11-19(33)34)12-20(35)36/h1-4,25H,5-12,23H2,(H,27,28)(H,29,30)(H,31,32)(H,33,34)(H,35,36)/t21-/m0/s1. The molecule has 14 nitrogen and oxygen atoms in total. The third-order valence-corrected chi connectivity index (χ3v) is 5.80. The Kier molecular flexibility index (Phi) is 11.9. The molecule has 8 N–H and O–H groups in total. The van der Waals surface area contributed by atoms with Gasteiger partial charge in [0.25, 0.3) is 0 Å². The zero-order valence-corrected chi connectivity index (χ0v) is 20.4. The number of carboxylic acids is 5. The highest BCUT2D eigenvalue weighted by molar-refractivity contribution is 7.78. The average molecular weight is 541 g/mol. The summed E-state index contributed by atoms with van der Waals surface area (Å²) in [5.74, 6) is -7.83. The smallest absolute Gasteiger partial charge is 0.317 e. The summed E-state index contributed by atoms with van der Waals surface area (Å²) in [6.45, 7) is -2.38. The van der Waals surface area contributed by atoms with E-state index < -0.39 is 73.3 Å². The van der Waals surface area contributed by atoms with Gasteiger partial charge in [-0.2, -0.15) is 4.99 Å². The van der Waals surface area contributed by atoms with Gasteiger partial charge in [0.2, 0.25) is 0 Å². The van der Waals surface area contributed by atoms with Gasteiger partial charge in [-0.15, -0.1) is 0 Å². The number of aliphatic carboxylic acids is 5. The summed E-state index contributed by atoms with van der Waals surface area (Å²) in [7, 11) is 0. The number of nitrogens with two attached hydrogens (primary N) is 1. The van der Waals surface area contributed by atoms with Crippen LogP contribution in [-0.2, 0) is 30.4 Å². The second kappa shape index (κ2) is 14.1. The van der Waals surface area contributed by atoms with E-state index in [1.54, 1.807) is 0 Å². The molecule has 0 saturated heterocycles. The molecule has 1 atom stereocenters. The topological polar surface area (TPSA) is 240 Å². The van der Waals surface area contributed by atoms with Crippen LogP contribution in [0.2, 0.25) is 0 Å². The van der Waals surface area contributed by atoms with Gasteiger partial charge in [-0.1, -0.05) is 12.1 Å². The Morgan fingerprint density at radius 3 is 1.73 bits per heavy atom. The molecule has 0 amide bonds. The van der Waals surface area contributed by atoms with Gasteiger partial charge in [-0.25, -0.2) is 0 Å². The number of benzene rings is 1. The minimum Gasteiger partial charge on any atom is -0.481 e. The number of nitrogens with one attached hydrogen (secondary N) is 1. The van der Waals surface area contributed by atoms with Crippen molar-refractivity contribution in [3.8, 4) is 0 Å². The molecule has 15 heteroatoms. The molecular weight excluding hydrogens is 512 g/mol. The number of carbonyl (C=O) groups is 5. The summed E-state index contributed by atoms with van der Waals surface area (Å²) in [4.78, 5) is 64.3. The second-order valence-electron chi connectivity index (χ2n) is 8.23. The van der Waals surface area contributed by atoms with Gasteiger partial charge < -0.3 is 36.6 Å². The molecule has 0 aliphatic rings. The Hall–Kier alpha value is -3.75. The number of nitrogens with zero attached hydrogens (tertiary/aromatic N) is 2. The molecule has 0 aliphatic carbocycles. The molecule has 37 heavy (non-hydrogen) atoms. The van der Waals surface area contributed by atoms with Crippen LogP contribution in [0, 0.1) is 0 Å². The fraction of sp³-hybridized carbons (Fsp3) is 0.455. The van der Waals surface area contributed by atoms with Crippen LogP contribution < -0.4 is 11.1 Å². The zero-order chi connectivity index (χ0) is 28.2. The van der Waals surface area contributed by atoms with Gasteiger partial charge in [0.15, 0.2) is 0 Å². The molecule has 0 bridgehead atoms. The van der Waals surface area contributed by atoms with Gasteiger partial charge in [0, 0.05) is 13.1 Å². The van der Waals surface area contributed by atoms with Gasteiger partial charge in [0.05, 0.1) is 54.3 Å². The Bertz CT molecular complexity index is 1030. The Balaban J connectivity index is 4.08. The van der Waals surface area contributed by atoms with Gasteiger partial charge in [-0.3, -0.25) is 28.9 Å². The van der Waals surface area contributed by atoms with Crippen molar-refractivity contribution in [2.75, 3.05) is 26.2 Å². The van der Waals surface area contributed by atoms with Crippen LogP contribution in [0.3, 0.4) is 0 Å². The molecule has 0 fully saturated rings. The molecule has 0 heterocycles. The van der Waals surface area contributed by atoms with E-state index in [1.165, 1.54) is 24.3 Å². The predicted octanol–water partition coefficient (Wildman–Crippen LogP) is -0.115. The fourth-order valence-electron chi connectivity index (χ4n) is 4.45. The van der Waals surface area contributed by atoms with E-state index in [4.69, 9.17) is 5.73 Å². The summed E-state index contributed by atoms with van der Waals surface area (Å²) in [6, 6.07) is 6.03. The van der Waals surface area contributed by atoms with Crippen molar-refractivity contribution in [3.05, 3.63) is 29.8 Å².